The summed E-state index contributed by atoms with van der Waals surface area (Å²) in [6.45, 7) is 7.00. The van der Waals surface area contributed by atoms with E-state index < -0.39 is 17.7 Å². The molecule has 1 aliphatic rings. The van der Waals surface area contributed by atoms with Crippen LogP contribution in [0.5, 0.6) is 17.2 Å². The van der Waals surface area contributed by atoms with Gasteiger partial charge in [-0.1, -0.05) is 54.3 Å². The third-order valence-electron chi connectivity index (χ3n) is 6.84. The lowest BCUT2D eigenvalue weighted by atomic mass is 9.95. The minimum absolute atomic E-state index is 0.107. The molecule has 1 saturated heterocycles. The molecule has 0 bridgehead atoms. The molecule has 0 saturated carbocycles. The summed E-state index contributed by atoms with van der Waals surface area (Å²) in [5.41, 5.74) is 1.24. The van der Waals surface area contributed by atoms with E-state index in [1.807, 2.05) is 20.8 Å². The largest absolute Gasteiger partial charge is 0.507 e. The van der Waals surface area contributed by atoms with Crippen molar-refractivity contribution in [3.8, 4) is 17.2 Å². The van der Waals surface area contributed by atoms with Crippen molar-refractivity contribution < 1.29 is 33.3 Å². The quantitative estimate of drug-likeness (QED) is 0.0529. The number of ether oxygens (including phenoxy) is 3. The molecular weight excluding hydrogens is 618 g/mol. The number of carbonyl (C=O) groups is 2. The van der Waals surface area contributed by atoms with Crippen molar-refractivity contribution in [2.75, 3.05) is 24.7 Å². The Labute approximate surface area is 268 Å². The van der Waals surface area contributed by atoms with Crippen LogP contribution in [-0.2, 0) is 15.3 Å². The molecule has 9 nitrogen and oxygen atoms in total. The minimum atomic E-state index is -1.05. The zero-order chi connectivity index (χ0) is 31.9. The molecule has 12 heteroatoms. The Morgan fingerprint density at radius 2 is 1.69 bits per heavy atom. The monoisotopic (exact) mass is 649 g/mol. The molecule has 5 rings (SSSR count). The number of ketones is 1. The molecule has 1 aromatic heterocycles. The Morgan fingerprint density at radius 1 is 0.956 bits per heavy atom. The molecule has 234 valence electrons. The summed E-state index contributed by atoms with van der Waals surface area (Å²) in [5.74, 6) is -0.543. The lowest BCUT2D eigenvalue weighted by molar-refractivity contribution is -0.132. The van der Waals surface area contributed by atoms with Crippen LogP contribution < -0.4 is 19.1 Å². The van der Waals surface area contributed by atoms with E-state index in [1.54, 1.807) is 60.7 Å². The maximum absolute atomic E-state index is 14.2. The van der Waals surface area contributed by atoms with Gasteiger partial charge in [0.25, 0.3) is 5.78 Å². The Kier molecular flexibility index (Phi) is 10.4. The van der Waals surface area contributed by atoms with Crippen LogP contribution in [0.2, 0.25) is 0 Å². The molecule has 1 atom stereocenters. The number of aliphatic hydroxyl groups excluding tert-OH is 1. The molecule has 4 aromatic rings. The summed E-state index contributed by atoms with van der Waals surface area (Å²) in [7, 11) is 0. The van der Waals surface area contributed by atoms with Crippen LogP contribution in [0.1, 0.15) is 49.9 Å². The van der Waals surface area contributed by atoms with Crippen LogP contribution in [-0.4, -0.2) is 46.8 Å². The topological polar surface area (TPSA) is 111 Å². The average molecular weight is 650 g/mol. The van der Waals surface area contributed by atoms with E-state index in [9.17, 15) is 19.1 Å². The smallest absolute Gasteiger partial charge is 0.301 e. The first-order chi connectivity index (χ1) is 21.9. The summed E-state index contributed by atoms with van der Waals surface area (Å²) >= 11 is 2.36. The predicted octanol–water partition coefficient (Wildman–Crippen LogP) is 7.18. The van der Waals surface area contributed by atoms with Crippen molar-refractivity contribution in [3.05, 3.63) is 94.8 Å². The second-order valence-electron chi connectivity index (χ2n) is 9.84. The zero-order valence-corrected chi connectivity index (χ0v) is 26.6. The number of aromatic nitrogens is 2. The van der Waals surface area contributed by atoms with Crippen LogP contribution in [0.3, 0.4) is 0 Å². The lowest BCUT2D eigenvalue weighted by Crippen LogP contribution is -2.29. The van der Waals surface area contributed by atoms with Gasteiger partial charge in [0.1, 0.15) is 17.3 Å². The molecular formula is C33H32FN3O6S2. The van der Waals surface area contributed by atoms with Gasteiger partial charge in [-0.2, -0.15) is 0 Å². The summed E-state index contributed by atoms with van der Waals surface area (Å²) in [6.07, 6.45) is 0.839. The number of benzene rings is 3. The number of anilines is 1. The number of halogens is 1. The van der Waals surface area contributed by atoms with Gasteiger partial charge in [0.05, 0.1) is 31.4 Å². The fourth-order valence-corrected chi connectivity index (χ4v) is 6.63. The number of amides is 1. The van der Waals surface area contributed by atoms with E-state index in [-0.39, 0.29) is 22.3 Å². The van der Waals surface area contributed by atoms with Gasteiger partial charge < -0.3 is 19.3 Å². The lowest BCUT2D eigenvalue weighted by Gasteiger charge is -2.23. The molecule has 0 radical (unpaired) electrons. The minimum Gasteiger partial charge on any atom is -0.507 e. The number of rotatable bonds is 13. The van der Waals surface area contributed by atoms with E-state index in [0.717, 1.165) is 17.8 Å². The molecule has 1 amide bonds. The normalized spacial score (nSPS) is 15.8. The second-order valence-corrected chi connectivity index (χ2v) is 12.0. The first-order valence-electron chi connectivity index (χ1n) is 14.5. The molecule has 1 fully saturated rings. The number of thioether (sulfide) groups is 1. The number of nitrogens with zero attached hydrogens (tertiary/aromatic N) is 3. The summed E-state index contributed by atoms with van der Waals surface area (Å²) in [6, 6.07) is 17.2. The number of hydrogen-bond donors (Lipinski definition) is 1. The molecule has 2 heterocycles. The molecule has 1 N–H and O–H groups in total. The van der Waals surface area contributed by atoms with Crippen molar-refractivity contribution >= 4 is 45.7 Å². The van der Waals surface area contributed by atoms with Crippen LogP contribution >= 0.6 is 23.1 Å². The number of aliphatic hydroxyl groups is 1. The van der Waals surface area contributed by atoms with Crippen molar-refractivity contribution in [2.24, 2.45) is 0 Å². The molecule has 0 aliphatic carbocycles. The molecule has 1 aliphatic heterocycles. The zero-order valence-electron chi connectivity index (χ0n) is 25.0. The highest BCUT2D eigenvalue weighted by Gasteiger charge is 2.48. The first kappa shape index (κ1) is 32.0. The van der Waals surface area contributed by atoms with Crippen molar-refractivity contribution in [3.63, 3.8) is 0 Å². The Balaban J connectivity index is 1.57. The van der Waals surface area contributed by atoms with E-state index in [0.29, 0.717) is 63.9 Å². The number of hydrogen-bond acceptors (Lipinski definition) is 10. The van der Waals surface area contributed by atoms with E-state index in [1.165, 1.54) is 22.7 Å². The SMILES string of the molecule is CCCOc1ccc(/C(O)=C2\C(=O)C(=O)N(c3nnc(SCc4ccccc4F)s3)C2c2ccc(OCC)c(OCC)c2)cc1. The van der Waals surface area contributed by atoms with Gasteiger partial charge in [0.2, 0.25) is 5.13 Å². The van der Waals surface area contributed by atoms with E-state index >= 15 is 0 Å². The highest BCUT2D eigenvalue weighted by atomic mass is 32.2. The van der Waals surface area contributed by atoms with Gasteiger partial charge in [-0.3, -0.25) is 14.5 Å². The van der Waals surface area contributed by atoms with Crippen LogP contribution in [0.15, 0.2) is 76.6 Å². The molecule has 3 aromatic carbocycles. The highest BCUT2D eigenvalue weighted by Crippen LogP contribution is 2.45. The summed E-state index contributed by atoms with van der Waals surface area (Å²) in [4.78, 5) is 28.5. The van der Waals surface area contributed by atoms with E-state index in [2.05, 4.69) is 10.2 Å². The predicted molar refractivity (Wildman–Crippen MR) is 172 cm³/mol. The third kappa shape index (κ3) is 6.97. The molecule has 1 unspecified atom stereocenters. The number of Topliss-reactive ketones (excluding diaryl/α,β-unsaturated/α-hetero) is 1. The van der Waals surface area contributed by atoms with Gasteiger partial charge in [-0.05, 0) is 73.9 Å². The Bertz CT molecular complexity index is 1710. The van der Waals surface area contributed by atoms with Crippen LogP contribution in [0, 0.1) is 5.82 Å². The number of carbonyl (C=O) groups excluding carboxylic acids is 2. The fourth-order valence-electron chi connectivity index (χ4n) is 4.78. The summed E-state index contributed by atoms with van der Waals surface area (Å²) in [5, 5.41) is 20.1. The fraction of sp³-hybridized carbons (Fsp3) is 0.273. The molecule has 45 heavy (non-hydrogen) atoms. The van der Waals surface area contributed by atoms with Gasteiger partial charge in [0, 0.05) is 11.3 Å². The van der Waals surface area contributed by atoms with Crippen molar-refractivity contribution in [2.45, 2.75) is 43.3 Å². The van der Waals surface area contributed by atoms with Gasteiger partial charge in [0.15, 0.2) is 15.8 Å². The van der Waals surface area contributed by atoms with Gasteiger partial charge in [-0.25, -0.2) is 4.39 Å². The highest BCUT2D eigenvalue weighted by molar-refractivity contribution is 8.00. The third-order valence-corrected chi connectivity index (χ3v) is 8.94. The molecule has 0 spiro atoms. The van der Waals surface area contributed by atoms with E-state index in [4.69, 9.17) is 14.2 Å². The van der Waals surface area contributed by atoms with Gasteiger partial charge in [-0.15, -0.1) is 10.2 Å². The summed E-state index contributed by atoms with van der Waals surface area (Å²) < 4.78 is 31.9. The van der Waals surface area contributed by atoms with Gasteiger partial charge >= 0.3 is 5.91 Å². The Morgan fingerprint density at radius 3 is 2.40 bits per heavy atom. The van der Waals surface area contributed by atoms with Crippen molar-refractivity contribution in [1.29, 1.82) is 0 Å². The Hall–Kier alpha value is -4.42. The second kappa shape index (κ2) is 14.6. The maximum Gasteiger partial charge on any atom is 0.301 e. The van der Waals surface area contributed by atoms with Crippen LogP contribution in [0.25, 0.3) is 5.76 Å². The maximum atomic E-state index is 14.2. The standard InChI is InChI=1S/C33H32FN3O6S2/c1-4-17-43-23-14-11-20(12-15-23)29(38)27-28(21-13-16-25(41-5-2)26(18-21)42-6-3)37(31(40)30(27)39)32-35-36-33(45-32)44-19-22-9-7-8-10-24(22)34/h7-16,18,28,38H,4-6,17,19H2,1-3H3/b29-27+. The average Bonchev–Trinajstić information content (AvgIpc) is 3.62. The van der Waals surface area contributed by atoms with Crippen LogP contribution in [0.4, 0.5) is 9.52 Å². The first-order valence-corrected chi connectivity index (χ1v) is 16.3. The van der Waals surface area contributed by atoms with Crippen molar-refractivity contribution in [1.82, 2.24) is 10.2 Å².